The highest BCUT2D eigenvalue weighted by atomic mass is 35.5. The predicted molar refractivity (Wildman–Crippen MR) is 172 cm³/mol. The number of rotatable bonds is 28. The van der Waals surface area contributed by atoms with Gasteiger partial charge in [-0.2, -0.15) is 0 Å². The van der Waals surface area contributed by atoms with Crippen LogP contribution in [-0.4, -0.2) is 52.3 Å². The average molecular weight is 598 g/mol. The van der Waals surface area contributed by atoms with Gasteiger partial charge in [0.2, 0.25) is 0 Å². The van der Waals surface area contributed by atoms with E-state index in [1.54, 1.807) is 4.90 Å². The highest BCUT2D eigenvalue weighted by Gasteiger charge is 2.11. The van der Waals surface area contributed by atoms with E-state index in [4.69, 9.17) is 0 Å². The summed E-state index contributed by atoms with van der Waals surface area (Å²) in [4.78, 5) is 1.59. The summed E-state index contributed by atoms with van der Waals surface area (Å²) in [6.45, 7) is 10.9. The average Bonchev–Trinajstić information content (AvgIpc) is 2.85. The van der Waals surface area contributed by atoms with Gasteiger partial charge < -0.3 is 34.2 Å². The van der Waals surface area contributed by atoms with Crippen molar-refractivity contribution >= 4 is 0 Å². The molecule has 39 heavy (non-hydrogen) atoms. The summed E-state index contributed by atoms with van der Waals surface area (Å²) in [5.74, 6) is 0. The van der Waals surface area contributed by atoms with Gasteiger partial charge in [0, 0.05) is 0 Å². The first-order valence-electron chi connectivity index (χ1n) is 17.5. The van der Waals surface area contributed by atoms with Gasteiger partial charge in [-0.15, -0.1) is 0 Å². The number of nitrogens with one attached hydrogen (secondary N) is 1. The normalized spacial score (nSPS) is 11.1. The van der Waals surface area contributed by atoms with Gasteiger partial charge in [-0.25, -0.2) is 0 Å². The molecule has 0 aliphatic heterocycles. The van der Waals surface area contributed by atoms with Gasteiger partial charge in [0.05, 0.1) is 47.8 Å². The number of hydrogen-bond donors (Lipinski definition) is 1. The van der Waals surface area contributed by atoms with Crippen LogP contribution < -0.4 is 29.7 Å². The molecule has 0 aromatic carbocycles. The van der Waals surface area contributed by atoms with Crippen molar-refractivity contribution in [1.29, 1.82) is 0 Å². The zero-order valence-electron chi connectivity index (χ0n) is 28.5. The number of nitrogens with zero attached hydrogens (tertiary/aromatic N) is 1. The minimum absolute atomic E-state index is 0. The van der Waals surface area contributed by atoms with Crippen molar-refractivity contribution in [3.8, 4) is 0 Å². The highest BCUT2D eigenvalue weighted by Crippen LogP contribution is 2.13. The minimum atomic E-state index is 0. The Morgan fingerprint density at radius 3 is 0.923 bits per heavy atom. The summed E-state index contributed by atoms with van der Waals surface area (Å²) in [7, 11) is 9.25. The van der Waals surface area contributed by atoms with Crippen molar-refractivity contribution in [3.63, 3.8) is 0 Å². The summed E-state index contributed by atoms with van der Waals surface area (Å²) in [6, 6.07) is 0. The van der Waals surface area contributed by atoms with E-state index in [1.165, 1.54) is 185 Å². The van der Waals surface area contributed by atoms with E-state index >= 15 is 0 Å². The molecule has 0 bridgehead atoms. The molecule has 0 aliphatic rings. The van der Waals surface area contributed by atoms with Crippen molar-refractivity contribution in [2.24, 2.45) is 0 Å². The van der Waals surface area contributed by atoms with Gasteiger partial charge in [0.25, 0.3) is 0 Å². The Labute approximate surface area is 262 Å². The molecule has 0 spiro atoms. The molecular weight excluding hydrogens is 519 g/mol. The monoisotopic (exact) mass is 597 g/mol. The number of quaternary nitrogens is 2. The Bertz CT molecular complexity index is 402. The Hall–Kier alpha value is 0.500. The second kappa shape index (κ2) is 38.5. The summed E-state index contributed by atoms with van der Waals surface area (Å²) in [5, 5.41) is 0. The van der Waals surface area contributed by atoms with Gasteiger partial charge in [-0.1, -0.05) is 149 Å². The Balaban J connectivity index is -0.000000302. The first-order valence-corrected chi connectivity index (χ1v) is 17.5. The second-order valence-electron chi connectivity index (χ2n) is 13.1. The molecule has 0 radical (unpaired) electrons. The maximum Gasteiger partial charge on any atom is 0.0782 e. The second-order valence-corrected chi connectivity index (χ2v) is 13.1. The number of hydrogen-bond acceptors (Lipinski definition) is 0. The van der Waals surface area contributed by atoms with Gasteiger partial charge >= 0.3 is 0 Å². The van der Waals surface area contributed by atoms with E-state index in [1.807, 2.05) is 0 Å². The van der Waals surface area contributed by atoms with Crippen molar-refractivity contribution in [3.05, 3.63) is 0 Å². The third-order valence-corrected chi connectivity index (χ3v) is 7.98. The molecule has 0 unspecified atom stereocenters. The molecule has 0 fully saturated rings. The molecule has 0 saturated carbocycles. The van der Waals surface area contributed by atoms with Crippen LogP contribution >= 0.6 is 0 Å². The lowest BCUT2D eigenvalue weighted by molar-refractivity contribution is -0.890. The molecule has 0 aliphatic carbocycles. The van der Waals surface area contributed by atoms with Gasteiger partial charge in [-0.05, 0) is 32.1 Å². The maximum absolute atomic E-state index is 2.38. The first-order chi connectivity index (χ1) is 17.9. The van der Waals surface area contributed by atoms with Crippen LogP contribution in [0.25, 0.3) is 0 Å². The van der Waals surface area contributed by atoms with Crippen LogP contribution in [0.3, 0.4) is 0 Å². The molecule has 0 aromatic rings. The molecule has 0 amide bonds. The van der Waals surface area contributed by atoms with Crippen LogP contribution in [0, 0.1) is 0 Å². The van der Waals surface area contributed by atoms with Crippen LogP contribution in [0.5, 0.6) is 0 Å². The van der Waals surface area contributed by atoms with Gasteiger partial charge in [0.1, 0.15) is 0 Å². The molecule has 2 nitrogen and oxygen atoms in total. The quantitative estimate of drug-likeness (QED) is 0.103. The lowest BCUT2D eigenvalue weighted by atomic mass is 10.1. The third-order valence-electron chi connectivity index (χ3n) is 7.98. The summed E-state index contributed by atoms with van der Waals surface area (Å²) >= 11 is 0. The molecular formula is C35H78Cl2N2. The van der Waals surface area contributed by atoms with E-state index in [0.29, 0.717) is 0 Å². The van der Waals surface area contributed by atoms with Gasteiger partial charge in [-0.3, -0.25) is 0 Å². The van der Waals surface area contributed by atoms with E-state index < -0.39 is 0 Å². The van der Waals surface area contributed by atoms with Crippen LogP contribution in [0.4, 0.5) is 0 Å². The van der Waals surface area contributed by atoms with Crippen molar-refractivity contribution in [2.75, 3.05) is 47.8 Å². The Morgan fingerprint density at radius 1 is 0.359 bits per heavy atom. The molecule has 0 rings (SSSR count). The zero-order valence-corrected chi connectivity index (χ0v) is 30.0. The summed E-state index contributed by atoms with van der Waals surface area (Å²) in [6.07, 6.45) is 36.2. The molecule has 0 aromatic heterocycles. The van der Waals surface area contributed by atoms with E-state index in [-0.39, 0.29) is 24.8 Å². The maximum atomic E-state index is 2.38. The summed E-state index contributed by atoms with van der Waals surface area (Å²) < 4.78 is 1.22. The SMILES string of the molecule is CCCCCCCCCCCCCC[N+](C)(C)CCC.CCCCCCCCCCCCCC[NH+](C)C.[Cl-].[Cl-]. The fourth-order valence-electron chi connectivity index (χ4n) is 5.42. The molecule has 0 heterocycles. The van der Waals surface area contributed by atoms with Gasteiger partial charge in [0.15, 0.2) is 0 Å². The first kappa shape index (κ1) is 46.5. The van der Waals surface area contributed by atoms with E-state index in [9.17, 15) is 0 Å². The molecule has 0 saturated heterocycles. The summed E-state index contributed by atoms with van der Waals surface area (Å²) in [5.41, 5.74) is 0. The van der Waals surface area contributed by atoms with Crippen LogP contribution in [0.15, 0.2) is 0 Å². The van der Waals surface area contributed by atoms with Crippen LogP contribution in [0.2, 0.25) is 0 Å². The van der Waals surface area contributed by atoms with Crippen LogP contribution in [0.1, 0.15) is 181 Å². The van der Waals surface area contributed by atoms with E-state index in [2.05, 4.69) is 49.0 Å². The zero-order chi connectivity index (χ0) is 27.9. The molecule has 0 atom stereocenters. The Kier molecular flexibility index (Phi) is 45.9. The van der Waals surface area contributed by atoms with Crippen LogP contribution in [-0.2, 0) is 0 Å². The van der Waals surface area contributed by atoms with E-state index in [0.717, 1.165) is 0 Å². The molecule has 1 N–H and O–H groups in total. The fraction of sp³-hybridized carbons (Fsp3) is 1.00. The predicted octanol–water partition coefficient (Wildman–Crippen LogP) is 4.01. The number of halogens is 2. The standard InChI is InChI=1S/C19H42N.C16H35N.2ClH/c1-5-7-8-9-10-11-12-13-14-15-16-17-19-20(3,4)18-6-2;1-4-5-6-7-8-9-10-11-12-13-14-15-16-17(2)3;;/h5-19H2,1-4H3;4-16H2,1-3H3;2*1H/q+1;;;/p-1. The highest BCUT2D eigenvalue weighted by molar-refractivity contribution is 4.49. The van der Waals surface area contributed by atoms with Crippen molar-refractivity contribution < 1.29 is 34.2 Å². The number of unbranched alkanes of at least 4 members (excludes halogenated alkanes) is 22. The molecule has 4 heteroatoms. The largest absolute Gasteiger partial charge is 1.00 e. The fourth-order valence-corrected chi connectivity index (χ4v) is 5.42. The Morgan fingerprint density at radius 2 is 0.641 bits per heavy atom. The third kappa shape index (κ3) is 45.7. The smallest absolute Gasteiger partial charge is 0.0782 e. The van der Waals surface area contributed by atoms with Crippen molar-refractivity contribution in [1.82, 2.24) is 0 Å². The molecule has 242 valence electrons. The lowest BCUT2D eigenvalue weighted by Crippen LogP contribution is -3.05. The van der Waals surface area contributed by atoms with Crippen molar-refractivity contribution in [2.45, 2.75) is 181 Å². The minimum Gasteiger partial charge on any atom is -1.00 e. The lowest BCUT2D eigenvalue weighted by Gasteiger charge is -2.29. The topological polar surface area (TPSA) is 4.44 Å².